The zero-order valence-corrected chi connectivity index (χ0v) is 28.1. The van der Waals surface area contributed by atoms with Crippen molar-refractivity contribution in [3.05, 3.63) is 23.8 Å². The normalized spacial score (nSPS) is 23.2. The predicted molar refractivity (Wildman–Crippen MR) is 177 cm³/mol. The van der Waals surface area contributed by atoms with Crippen molar-refractivity contribution in [2.24, 2.45) is 0 Å². The van der Waals surface area contributed by atoms with Crippen LogP contribution in [-0.4, -0.2) is 69.1 Å². The van der Waals surface area contributed by atoms with E-state index >= 15 is 0 Å². The minimum absolute atomic E-state index is 0.141. The average Bonchev–Trinajstić information content (AvgIpc) is 3.60. The molecule has 4 N–H and O–H groups in total. The standard InChI is InChI=1S/C37H66O7/c1-3-4-5-6-7-8-9-10-11-12-13-14-15-19-22-33(39)34(40)24-25-35(41)36-26-23-32(44-36)21-18-16-17-20-31(38)28-30-27-29(2)43-37(30)42/h14-15,27,29,31-36,38-41H,3-13,16-26,28H2,1-2H3/b15-14+/t29-,31+,32-,33-,34-,35-,36-/m0/s1. The molecule has 0 aromatic heterocycles. The number of cyclic esters (lactones) is 1. The van der Waals surface area contributed by atoms with E-state index < -0.39 is 24.4 Å². The number of ether oxygens (including phenoxy) is 2. The Morgan fingerprint density at radius 2 is 1.41 bits per heavy atom. The molecule has 0 spiro atoms. The van der Waals surface area contributed by atoms with Crippen LogP contribution in [0.1, 0.15) is 162 Å². The topological polar surface area (TPSA) is 116 Å². The number of hydrogen-bond donors (Lipinski definition) is 4. The quantitative estimate of drug-likeness (QED) is 0.0423. The van der Waals surface area contributed by atoms with Gasteiger partial charge < -0.3 is 29.9 Å². The lowest BCUT2D eigenvalue weighted by Gasteiger charge is -2.22. The van der Waals surface area contributed by atoms with E-state index in [1.165, 1.54) is 64.2 Å². The molecule has 7 heteroatoms. The first kappa shape index (κ1) is 38.9. The summed E-state index contributed by atoms with van der Waals surface area (Å²) in [7, 11) is 0. The molecule has 0 amide bonds. The molecule has 2 aliphatic heterocycles. The van der Waals surface area contributed by atoms with Crippen molar-refractivity contribution in [1.29, 1.82) is 0 Å². The third kappa shape index (κ3) is 17.4. The zero-order valence-electron chi connectivity index (χ0n) is 28.1. The van der Waals surface area contributed by atoms with E-state index in [-0.39, 0.29) is 24.3 Å². The molecule has 2 rings (SSSR count). The van der Waals surface area contributed by atoms with Crippen molar-refractivity contribution < 1.29 is 34.7 Å². The van der Waals surface area contributed by atoms with Gasteiger partial charge >= 0.3 is 5.97 Å². The SMILES string of the molecule is CCCCCCCCCCCC/C=C/CC[C@H](O)[C@@H](O)CC[C@H](O)[C@@H]1CC[C@H](CCCCC[C@@H](O)CC2=C[C@H](C)OC2=O)O1. The predicted octanol–water partition coefficient (Wildman–Crippen LogP) is 7.62. The van der Waals surface area contributed by atoms with Gasteiger partial charge in [-0.3, -0.25) is 0 Å². The fraction of sp³-hybridized carbons (Fsp3) is 0.865. The molecule has 0 bridgehead atoms. The molecule has 2 heterocycles. The number of aliphatic hydroxyl groups is 4. The largest absolute Gasteiger partial charge is 0.455 e. The Bertz CT molecular complexity index is 797. The molecular weight excluding hydrogens is 556 g/mol. The number of carbonyl (C=O) groups excluding carboxylic acids is 1. The lowest BCUT2D eigenvalue weighted by atomic mass is 9.98. The molecule has 7 nitrogen and oxygen atoms in total. The van der Waals surface area contributed by atoms with Crippen LogP contribution in [0.5, 0.6) is 0 Å². The van der Waals surface area contributed by atoms with Crippen LogP contribution in [-0.2, 0) is 14.3 Å². The van der Waals surface area contributed by atoms with Gasteiger partial charge in [-0.2, -0.15) is 0 Å². The first-order valence-electron chi connectivity index (χ1n) is 18.2. The van der Waals surface area contributed by atoms with Crippen molar-refractivity contribution in [1.82, 2.24) is 0 Å². The van der Waals surface area contributed by atoms with Gasteiger partial charge in [0.05, 0.1) is 36.6 Å². The molecule has 7 atom stereocenters. The number of rotatable bonds is 27. The van der Waals surface area contributed by atoms with Crippen LogP contribution in [0.3, 0.4) is 0 Å². The van der Waals surface area contributed by atoms with Crippen LogP contribution in [0, 0.1) is 0 Å². The van der Waals surface area contributed by atoms with Gasteiger partial charge in [-0.15, -0.1) is 0 Å². The zero-order chi connectivity index (χ0) is 32.0. The minimum atomic E-state index is -0.827. The fourth-order valence-electron chi connectivity index (χ4n) is 6.46. The van der Waals surface area contributed by atoms with Crippen molar-refractivity contribution in [2.75, 3.05) is 0 Å². The summed E-state index contributed by atoms with van der Waals surface area (Å²) in [5.41, 5.74) is 0.582. The molecule has 0 unspecified atom stereocenters. The summed E-state index contributed by atoms with van der Waals surface area (Å²) in [5.74, 6) is -0.310. The molecule has 0 saturated carbocycles. The van der Waals surface area contributed by atoms with Crippen molar-refractivity contribution in [3.63, 3.8) is 0 Å². The fourth-order valence-corrected chi connectivity index (χ4v) is 6.46. The van der Waals surface area contributed by atoms with Crippen LogP contribution in [0.25, 0.3) is 0 Å². The summed E-state index contributed by atoms with van der Waals surface area (Å²) < 4.78 is 11.2. The molecule has 256 valence electrons. The second-order valence-electron chi connectivity index (χ2n) is 13.5. The van der Waals surface area contributed by atoms with Crippen LogP contribution in [0.4, 0.5) is 0 Å². The highest BCUT2D eigenvalue weighted by atomic mass is 16.5. The van der Waals surface area contributed by atoms with Gasteiger partial charge in [0.15, 0.2) is 0 Å². The van der Waals surface area contributed by atoms with Gasteiger partial charge in [0.25, 0.3) is 0 Å². The highest BCUT2D eigenvalue weighted by molar-refractivity contribution is 5.90. The average molecular weight is 623 g/mol. The molecule has 44 heavy (non-hydrogen) atoms. The van der Waals surface area contributed by atoms with E-state index in [0.717, 1.165) is 51.4 Å². The van der Waals surface area contributed by atoms with E-state index in [4.69, 9.17) is 9.47 Å². The van der Waals surface area contributed by atoms with Gasteiger partial charge in [-0.25, -0.2) is 4.79 Å². The van der Waals surface area contributed by atoms with Gasteiger partial charge in [0.2, 0.25) is 0 Å². The van der Waals surface area contributed by atoms with Gasteiger partial charge in [-0.05, 0) is 77.2 Å². The lowest BCUT2D eigenvalue weighted by molar-refractivity contribution is -0.139. The van der Waals surface area contributed by atoms with Crippen LogP contribution >= 0.6 is 0 Å². The number of carbonyl (C=O) groups is 1. The molecule has 2 aliphatic rings. The number of hydrogen-bond acceptors (Lipinski definition) is 7. The summed E-state index contributed by atoms with van der Waals surface area (Å²) >= 11 is 0. The smallest absolute Gasteiger partial charge is 0.334 e. The molecule has 0 aromatic rings. The summed E-state index contributed by atoms with van der Waals surface area (Å²) in [5, 5.41) is 41.6. The summed E-state index contributed by atoms with van der Waals surface area (Å²) in [6.45, 7) is 4.08. The molecular formula is C37H66O7. The Morgan fingerprint density at radius 3 is 2.09 bits per heavy atom. The highest BCUT2D eigenvalue weighted by Crippen LogP contribution is 2.28. The van der Waals surface area contributed by atoms with E-state index in [1.54, 1.807) is 6.08 Å². The van der Waals surface area contributed by atoms with Gasteiger partial charge in [0, 0.05) is 12.0 Å². The maximum atomic E-state index is 11.7. The highest BCUT2D eigenvalue weighted by Gasteiger charge is 2.31. The van der Waals surface area contributed by atoms with E-state index in [1.807, 2.05) is 6.92 Å². The van der Waals surface area contributed by atoms with Crippen molar-refractivity contribution >= 4 is 5.97 Å². The number of aliphatic hydroxyl groups excluding tert-OH is 4. The maximum absolute atomic E-state index is 11.7. The van der Waals surface area contributed by atoms with Crippen molar-refractivity contribution in [2.45, 2.75) is 204 Å². The Morgan fingerprint density at radius 1 is 0.773 bits per heavy atom. The van der Waals surface area contributed by atoms with E-state index in [9.17, 15) is 25.2 Å². The minimum Gasteiger partial charge on any atom is -0.455 e. The van der Waals surface area contributed by atoms with Crippen molar-refractivity contribution in [3.8, 4) is 0 Å². The lowest BCUT2D eigenvalue weighted by Crippen LogP contribution is -2.31. The van der Waals surface area contributed by atoms with Gasteiger partial charge in [-0.1, -0.05) is 96.1 Å². The molecule has 0 radical (unpaired) electrons. The van der Waals surface area contributed by atoms with E-state index in [2.05, 4.69) is 19.1 Å². The number of allylic oxidation sites excluding steroid dienone is 2. The molecule has 1 saturated heterocycles. The Hall–Kier alpha value is -1.25. The molecule has 1 fully saturated rings. The third-order valence-electron chi connectivity index (χ3n) is 9.30. The second-order valence-corrected chi connectivity index (χ2v) is 13.5. The molecule has 0 aliphatic carbocycles. The number of esters is 1. The Labute approximate surface area is 268 Å². The Balaban J connectivity index is 1.43. The second kappa shape index (κ2) is 24.0. The number of unbranched alkanes of at least 4 members (excludes halogenated alkanes) is 12. The van der Waals surface area contributed by atoms with Crippen LogP contribution in [0.15, 0.2) is 23.8 Å². The Kier molecular flexibility index (Phi) is 21.2. The van der Waals surface area contributed by atoms with E-state index in [0.29, 0.717) is 37.7 Å². The first-order valence-corrected chi connectivity index (χ1v) is 18.2. The van der Waals surface area contributed by atoms with Crippen LogP contribution < -0.4 is 0 Å². The molecule has 0 aromatic carbocycles. The first-order chi connectivity index (χ1) is 21.3. The summed E-state index contributed by atoms with van der Waals surface area (Å²) in [6.07, 6.45) is 26.3. The third-order valence-corrected chi connectivity index (χ3v) is 9.30. The monoisotopic (exact) mass is 622 g/mol. The van der Waals surface area contributed by atoms with Crippen LogP contribution in [0.2, 0.25) is 0 Å². The summed E-state index contributed by atoms with van der Waals surface area (Å²) in [6, 6.07) is 0. The maximum Gasteiger partial charge on any atom is 0.334 e. The summed E-state index contributed by atoms with van der Waals surface area (Å²) in [4.78, 5) is 11.7. The van der Waals surface area contributed by atoms with Gasteiger partial charge in [0.1, 0.15) is 6.10 Å².